The summed E-state index contributed by atoms with van der Waals surface area (Å²) >= 11 is 1.20. The molecule has 3 rings (SSSR count). The number of aliphatic hydroxyl groups excluding tert-OH is 1. The number of hydrogen-bond donors (Lipinski definition) is 2. The van der Waals surface area contributed by atoms with Crippen LogP contribution >= 0.6 is 11.3 Å². The molecule has 0 aliphatic heterocycles. The number of thiophene rings is 1. The first kappa shape index (κ1) is 16.5. The van der Waals surface area contributed by atoms with Crippen LogP contribution in [0.3, 0.4) is 0 Å². The molecule has 0 aliphatic carbocycles. The fourth-order valence-corrected chi connectivity index (χ4v) is 3.71. The first-order valence-corrected chi connectivity index (χ1v) is 8.18. The molecule has 24 heavy (non-hydrogen) atoms. The summed E-state index contributed by atoms with van der Waals surface area (Å²) in [6, 6.07) is 10.3. The average molecular weight is 347 g/mol. The maximum Gasteiger partial charge on any atom is 0.261 e. The first-order valence-electron chi connectivity index (χ1n) is 7.36. The molecule has 0 saturated carbocycles. The van der Waals surface area contributed by atoms with Crippen LogP contribution in [0.25, 0.3) is 10.1 Å². The Morgan fingerprint density at radius 3 is 2.71 bits per heavy atom. The van der Waals surface area contributed by atoms with Gasteiger partial charge in [0.15, 0.2) is 0 Å². The van der Waals surface area contributed by atoms with Gasteiger partial charge in [0.05, 0.1) is 11.0 Å². The van der Waals surface area contributed by atoms with Gasteiger partial charge in [-0.2, -0.15) is 0 Å². The highest BCUT2D eigenvalue weighted by molar-refractivity contribution is 7.21. The SMILES string of the molecule is Cc1c(C(=O)NC[C@@H](O)c2cccc(F)c2)sc2cccc(F)c12. The van der Waals surface area contributed by atoms with Crippen LogP contribution in [-0.2, 0) is 0 Å². The summed E-state index contributed by atoms with van der Waals surface area (Å²) in [7, 11) is 0. The Morgan fingerprint density at radius 2 is 2.00 bits per heavy atom. The van der Waals surface area contributed by atoms with Crippen LogP contribution < -0.4 is 5.32 Å². The molecule has 1 atom stereocenters. The van der Waals surface area contributed by atoms with Crippen molar-refractivity contribution in [2.75, 3.05) is 6.54 Å². The third-order valence-electron chi connectivity index (χ3n) is 3.80. The zero-order chi connectivity index (χ0) is 17.3. The van der Waals surface area contributed by atoms with Gasteiger partial charge in [0.2, 0.25) is 0 Å². The van der Waals surface area contributed by atoms with Crippen LogP contribution in [0.2, 0.25) is 0 Å². The smallest absolute Gasteiger partial charge is 0.261 e. The highest BCUT2D eigenvalue weighted by atomic mass is 32.1. The molecular formula is C18H15F2NO2S. The molecule has 3 aromatic rings. The molecule has 1 heterocycles. The standard InChI is InChI=1S/C18H15F2NO2S/c1-10-16-13(20)6-3-7-15(16)24-17(10)18(23)21-9-14(22)11-4-2-5-12(19)8-11/h2-8,14,22H,9H2,1H3,(H,21,23)/t14-/m1/s1. The Bertz CT molecular complexity index is 907. The lowest BCUT2D eigenvalue weighted by molar-refractivity contribution is 0.0920. The summed E-state index contributed by atoms with van der Waals surface area (Å²) < 4.78 is 27.8. The minimum Gasteiger partial charge on any atom is -0.387 e. The molecule has 0 radical (unpaired) electrons. The fourth-order valence-electron chi connectivity index (χ4n) is 2.57. The van der Waals surface area contributed by atoms with E-state index >= 15 is 0 Å². The van der Waals surface area contributed by atoms with E-state index in [2.05, 4.69) is 5.32 Å². The number of aliphatic hydroxyl groups is 1. The molecule has 0 bridgehead atoms. The number of benzene rings is 2. The summed E-state index contributed by atoms with van der Waals surface area (Å²) in [6.45, 7) is 1.64. The lowest BCUT2D eigenvalue weighted by Gasteiger charge is -2.12. The topological polar surface area (TPSA) is 49.3 Å². The second kappa shape index (κ2) is 6.67. The minimum absolute atomic E-state index is 0.0571. The van der Waals surface area contributed by atoms with E-state index < -0.39 is 11.9 Å². The molecule has 1 amide bonds. The summed E-state index contributed by atoms with van der Waals surface area (Å²) in [6.07, 6.45) is -1.02. The molecule has 0 saturated heterocycles. The number of nitrogens with one attached hydrogen (secondary N) is 1. The van der Waals surface area contributed by atoms with Crippen molar-refractivity contribution in [2.24, 2.45) is 0 Å². The van der Waals surface area contributed by atoms with Crippen molar-refractivity contribution in [1.29, 1.82) is 0 Å². The van der Waals surface area contributed by atoms with Crippen LogP contribution in [0.1, 0.15) is 26.9 Å². The fraction of sp³-hybridized carbons (Fsp3) is 0.167. The number of hydrogen-bond acceptors (Lipinski definition) is 3. The highest BCUT2D eigenvalue weighted by Crippen LogP contribution is 2.32. The van der Waals surface area contributed by atoms with Gasteiger partial charge in [0.1, 0.15) is 11.6 Å². The molecule has 0 fully saturated rings. The zero-order valence-electron chi connectivity index (χ0n) is 12.8. The van der Waals surface area contributed by atoms with Crippen molar-refractivity contribution < 1.29 is 18.7 Å². The molecule has 0 spiro atoms. The largest absolute Gasteiger partial charge is 0.387 e. The van der Waals surface area contributed by atoms with Gasteiger partial charge < -0.3 is 10.4 Å². The Balaban J connectivity index is 1.76. The molecule has 3 nitrogen and oxygen atoms in total. The lowest BCUT2D eigenvalue weighted by atomic mass is 10.1. The van der Waals surface area contributed by atoms with Crippen LogP contribution in [0.4, 0.5) is 8.78 Å². The summed E-state index contributed by atoms with van der Waals surface area (Å²) in [5, 5.41) is 13.1. The van der Waals surface area contributed by atoms with E-state index in [9.17, 15) is 18.7 Å². The third kappa shape index (κ3) is 3.16. The third-order valence-corrected chi connectivity index (χ3v) is 5.05. The molecule has 2 aromatic carbocycles. The predicted octanol–water partition coefficient (Wildman–Crippen LogP) is 3.95. The number of rotatable bonds is 4. The van der Waals surface area contributed by atoms with E-state index in [1.54, 1.807) is 25.1 Å². The average Bonchev–Trinajstić information content (AvgIpc) is 2.90. The van der Waals surface area contributed by atoms with E-state index in [0.29, 0.717) is 26.1 Å². The van der Waals surface area contributed by atoms with Crippen LogP contribution in [0, 0.1) is 18.6 Å². The van der Waals surface area contributed by atoms with Crippen LogP contribution in [0.5, 0.6) is 0 Å². The van der Waals surface area contributed by atoms with E-state index in [1.165, 1.54) is 35.6 Å². The molecular weight excluding hydrogens is 332 g/mol. The van der Waals surface area contributed by atoms with Gasteiger partial charge in [0.25, 0.3) is 5.91 Å². The lowest BCUT2D eigenvalue weighted by Crippen LogP contribution is -2.28. The van der Waals surface area contributed by atoms with Gasteiger partial charge in [-0.05, 0) is 42.3 Å². The van der Waals surface area contributed by atoms with Crippen LogP contribution in [0.15, 0.2) is 42.5 Å². The molecule has 0 unspecified atom stereocenters. The van der Waals surface area contributed by atoms with Crippen LogP contribution in [-0.4, -0.2) is 17.6 Å². The molecule has 124 valence electrons. The number of carbonyl (C=O) groups excluding carboxylic acids is 1. The van der Waals surface area contributed by atoms with Gasteiger partial charge in [-0.1, -0.05) is 18.2 Å². The minimum atomic E-state index is -1.02. The van der Waals surface area contributed by atoms with E-state index in [-0.39, 0.29) is 18.3 Å². The quantitative estimate of drug-likeness (QED) is 0.751. The van der Waals surface area contributed by atoms with E-state index in [1.807, 2.05) is 0 Å². The van der Waals surface area contributed by atoms with Crippen molar-refractivity contribution in [1.82, 2.24) is 5.32 Å². The number of fused-ring (bicyclic) bond motifs is 1. The monoisotopic (exact) mass is 347 g/mol. The van der Waals surface area contributed by atoms with Crippen molar-refractivity contribution in [3.8, 4) is 0 Å². The predicted molar refractivity (Wildman–Crippen MR) is 90.2 cm³/mol. The van der Waals surface area contributed by atoms with Gasteiger partial charge in [-0.15, -0.1) is 11.3 Å². The second-order valence-electron chi connectivity index (χ2n) is 5.45. The van der Waals surface area contributed by atoms with Gasteiger partial charge in [-0.3, -0.25) is 4.79 Å². The second-order valence-corrected chi connectivity index (χ2v) is 6.50. The van der Waals surface area contributed by atoms with Gasteiger partial charge in [0, 0.05) is 16.6 Å². The Kier molecular flexibility index (Phi) is 4.59. The molecule has 6 heteroatoms. The maximum atomic E-state index is 13.9. The highest BCUT2D eigenvalue weighted by Gasteiger charge is 2.18. The van der Waals surface area contributed by atoms with E-state index in [4.69, 9.17) is 0 Å². The normalized spacial score (nSPS) is 12.3. The Hall–Kier alpha value is -2.31. The number of carbonyl (C=O) groups is 1. The molecule has 1 aromatic heterocycles. The first-order chi connectivity index (χ1) is 11.5. The maximum absolute atomic E-state index is 13.9. The number of aryl methyl sites for hydroxylation is 1. The Labute approximate surface area is 141 Å². The van der Waals surface area contributed by atoms with Crippen molar-refractivity contribution in [3.05, 3.63) is 70.1 Å². The number of halogens is 2. The van der Waals surface area contributed by atoms with Crippen molar-refractivity contribution in [3.63, 3.8) is 0 Å². The van der Waals surface area contributed by atoms with Crippen molar-refractivity contribution in [2.45, 2.75) is 13.0 Å². The summed E-state index contributed by atoms with van der Waals surface area (Å²) in [5.74, 6) is -1.20. The zero-order valence-corrected chi connectivity index (χ0v) is 13.7. The summed E-state index contributed by atoms with van der Waals surface area (Å²) in [4.78, 5) is 12.7. The molecule has 2 N–H and O–H groups in total. The van der Waals surface area contributed by atoms with Gasteiger partial charge in [-0.25, -0.2) is 8.78 Å². The molecule has 0 aliphatic rings. The van der Waals surface area contributed by atoms with E-state index in [0.717, 1.165) is 0 Å². The summed E-state index contributed by atoms with van der Waals surface area (Å²) in [5.41, 5.74) is 0.959. The number of amides is 1. The van der Waals surface area contributed by atoms with Gasteiger partial charge >= 0.3 is 0 Å². The Morgan fingerprint density at radius 1 is 1.25 bits per heavy atom. The van der Waals surface area contributed by atoms with Crippen molar-refractivity contribution >= 4 is 27.3 Å².